The summed E-state index contributed by atoms with van der Waals surface area (Å²) in [5.41, 5.74) is 6.80. The van der Waals surface area contributed by atoms with Crippen molar-refractivity contribution in [1.82, 2.24) is 0 Å². The largest absolute Gasteiger partial charge is 0.324 e. The molecule has 3 heteroatoms. The zero-order chi connectivity index (χ0) is 10.7. The zero-order valence-corrected chi connectivity index (χ0v) is 10.0. The summed E-state index contributed by atoms with van der Waals surface area (Å²) in [6.07, 6.45) is 0.871. The normalized spacial score (nSPS) is 13.3. The molecule has 0 saturated carbocycles. The highest BCUT2D eigenvalue weighted by atomic mass is 79.9. The van der Waals surface area contributed by atoms with Crippen molar-refractivity contribution in [3.8, 4) is 0 Å². The van der Waals surface area contributed by atoms with Crippen LogP contribution in [0.3, 0.4) is 0 Å². The molecule has 0 bridgehead atoms. The van der Waals surface area contributed by atoms with Gasteiger partial charge >= 0.3 is 0 Å². The molecule has 1 atom stereocenters. The van der Waals surface area contributed by atoms with Crippen LogP contribution < -0.4 is 5.73 Å². The van der Waals surface area contributed by atoms with Crippen LogP contribution in [0.5, 0.6) is 0 Å². The van der Waals surface area contributed by atoms with E-state index in [4.69, 9.17) is 5.73 Å². The second kappa shape index (κ2) is 4.89. The second-order valence-corrected chi connectivity index (χ2v) is 4.85. The van der Waals surface area contributed by atoms with E-state index in [1.807, 2.05) is 6.07 Å². The van der Waals surface area contributed by atoms with Crippen LogP contribution in [0.25, 0.3) is 0 Å². The fourth-order valence-electron chi connectivity index (χ4n) is 1.43. The third-order valence-electron chi connectivity index (χ3n) is 2.04. The lowest BCUT2D eigenvalue weighted by Gasteiger charge is -2.14. The first-order valence-electron chi connectivity index (χ1n) is 4.70. The van der Waals surface area contributed by atoms with Crippen molar-refractivity contribution in [2.75, 3.05) is 0 Å². The van der Waals surface area contributed by atoms with Gasteiger partial charge in [-0.05, 0) is 36.1 Å². The van der Waals surface area contributed by atoms with Gasteiger partial charge in [-0.25, -0.2) is 4.39 Å². The molecule has 0 aliphatic rings. The van der Waals surface area contributed by atoms with E-state index in [2.05, 4.69) is 29.8 Å². The molecule has 0 unspecified atom stereocenters. The summed E-state index contributed by atoms with van der Waals surface area (Å²) in [7, 11) is 0. The standard InChI is InChI=1S/C11H15BrFN/c1-7(2)3-11(14)8-4-9(12)6-10(13)5-8/h4-7,11H,3,14H2,1-2H3/t11-/m0/s1. The summed E-state index contributed by atoms with van der Waals surface area (Å²) < 4.78 is 13.8. The van der Waals surface area contributed by atoms with Gasteiger partial charge in [0.1, 0.15) is 5.82 Å². The minimum absolute atomic E-state index is 0.0815. The van der Waals surface area contributed by atoms with E-state index in [9.17, 15) is 4.39 Å². The van der Waals surface area contributed by atoms with Crippen LogP contribution in [0.2, 0.25) is 0 Å². The Bertz CT molecular complexity index is 292. The van der Waals surface area contributed by atoms with Gasteiger partial charge in [-0.15, -0.1) is 0 Å². The van der Waals surface area contributed by atoms with Crippen LogP contribution >= 0.6 is 15.9 Å². The lowest BCUT2D eigenvalue weighted by atomic mass is 9.98. The van der Waals surface area contributed by atoms with Crippen molar-refractivity contribution < 1.29 is 4.39 Å². The molecular formula is C11H15BrFN. The van der Waals surface area contributed by atoms with Crippen molar-refractivity contribution >= 4 is 15.9 Å². The molecule has 0 spiro atoms. The van der Waals surface area contributed by atoms with Crippen molar-refractivity contribution in [2.24, 2.45) is 11.7 Å². The maximum atomic E-state index is 13.0. The number of hydrogen-bond donors (Lipinski definition) is 1. The molecule has 1 aromatic rings. The van der Waals surface area contributed by atoms with Crippen LogP contribution in [0.15, 0.2) is 22.7 Å². The molecule has 0 amide bonds. The fraction of sp³-hybridized carbons (Fsp3) is 0.455. The van der Waals surface area contributed by atoms with Crippen molar-refractivity contribution in [3.63, 3.8) is 0 Å². The molecule has 2 N–H and O–H groups in total. The summed E-state index contributed by atoms with van der Waals surface area (Å²) in [6, 6.07) is 4.72. The van der Waals surface area contributed by atoms with Gasteiger partial charge in [0.15, 0.2) is 0 Å². The molecule has 0 heterocycles. The molecule has 78 valence electrons. The SMILES string of the molecule is CC(C)C[C@H](N)c1cc(F)cc(Br)c1. The third kappa shape index (κ3) is 3.39. The molecule has 0 aromatic heterocycles. The topological polar surface area (TPSA) is 26.0 Å². The van der Waals surface area contributed by atoms with E-state index in [0.29, 0.717) is 5.92 Å². The highest BCUT2D eigenvalue weighted by Gasteiger charge is 2.09. The molecule has 1 aromatic carbocycles. The van der Waals surface area contributed by atoms with E-state index >= 15 is 0 Å². The van der Waals surface area contributed by atoms with Crippen LogP contribution in [0, 0.1) is 11.7 Å². The fourth-order valence-corrected chi connectivity index (χ4v) is 1.92. The number of benzene rings is 1. The molecule has 0 aliphatic heterocycles. The number of rotatable bonds is 3. The Hall–Kier alpha value is -0.410. The van der Waals surface area contributed by atoms with E-state index < -0.39 is 0 Å². The van der Waals surface area contributed by atoms with E-state index in [1.54, 1.807) is 0 Å². The summed E-state index contributed by atoms with van der Waals surface area (Å²) in [5, 5.41) is 0. The first kappa shape index (κ1) is 11.7. The van der Waals surface area contributed by atoms with Crippen molar-refractivity contribution in [3.05, 3.63) is 34.1 Å². The average molecular weight is 260 g/mol. The van der Waals surface area contributed by atoms with Crippen LogP contribution in [0.1, 0.15) is 31.9 Å². The summed E-state index contributed by atoms with van der Waals surface area (Å²) >= 11 is 3.25. The van der Waals surface area contributed by atoms with Crippen molar-refractivity contribution in [1.29, 1.82) is 0 Å². The Labute approximate surface area is 92.6 Å². The molecule has 0 fully saturated rings. The van der Waals surface area contributed by atoms with Gasteiger partial charge in [-0.3, -0.25) is 0 Å². The molecule has 0 saturated heterocycles. The summed E-state index contributed by atoms with van der Waals surface area (Å²) in [6.45, 7) is 4.21. The second-order valence-electron chi connectivity index (χ2n) is 3.94. The minimum atomic E-state index is -0.242. The van der Waals surface area contributed by atoms with Crippen LogP contribution in [0.4, 0.5) is 4.39 Å². The number of nitrogens with two attached hydrogens (primary N) is 1. The smallest absolute Gasteiger partial charge is 0.124 e. The summed E-state index contributed by atoms with van der Waals surface area (Å²) in [4.78, 5) is 0. The predicted octanol–water partition coefficient (Wildman–Crippen LogP) is 3.63. The molecule has 0 radical (unpaired) electrons. The lowest BCUT2D eigenvalue weighted by molar-refractivity contribution is 0.507. The van der Waals surface area contributed by atoms with Crippen molar-refractivity contribution in [2.45, 2.75) is 26.3 Å². The highest BCUT2D eigenvalue weighted by Crippen LogP contribution is 2.23. The highest BCUT2D eigenvalue weighted by molar-refractivity contribution is 9.10. The Morgan fingerprint density at radius 3 is 2.50 bits per heavy atom. The Morgan fingerprint density at radius 1 is 1.36 bits per heavy atom. The van der Waals surface area contributed by atoms with Crippen LogP contribution in [-0.2, 0) is 0 Å². The van der Waals surface area contributed by atoms with Gasteiger partial charge in [0.2, 0.25) is 0 Å². The van der Waals surface area contributed by atoms with E-state index in [0.717, 1.165) is 16.5 Å². The van der Waals surface area contributed by atoms with Gasteiger partial charge in [0.05, 0.1) is 0 Å². The van der Waals surface area contributed by atoms with Gasteiger partial charge in [0.25, 0.3) is 0 Å². The third-order valence-corrected chi connectivity index (χ3v) is 2.50. The molecule has 0 aliphatic carbocycles. The van der Waals surface area contributed by atoms with Gasteiger partial charge in [-0.1, -0.05) is 29.8 Å². The molecule has 1 rings (SSSR count). The molecule has 14 heavy (non-hydrogen) atoms. The van der Waals surface area contributed by atoms with E-state index in [-0.39, 0.29) is 11.9 Å². The summed E-state index contributed by atoms with van der Waals surface area (Å²) in [5.74, 6) is 0.278. The molecular weight excluding hydrogens is 245 g/mol. The number of hydrogen-bond acceptors (Lipinski definition) is 1. The molecule has 1 nitrogen and oxygen atoms in total. The zero-order valence-electron chi connectivity index (χ0n) is 8.43. The lowest BCUT2D eigenvalue weighted by Crippen LogP contribution is -2.13. The van der Waals surface area contributed by atoms with Gasteiger partial charge in [-0.2, -0.15) is 0 Å². The monoisotopic (exact) mass is 259 g/mol. The number of halogens is 2. The van der Waals surface area contributed by atoms with Gasteiger partial charge < -0.3 is 5.73 Å². The minimum Gasteiger partial charge on any atom is -0.324 e. The maximum Gasteiger partial charge on any atom is 0.124 e. The van der Waals surface area contributed by atoms with Crippen LogP contribution in [-0.4, -0.2) is 0 Å². The Morgan fingerprint density at radius 2 is 2.00 bits per heavy atom. The van der Waals surface area contributed by atoms with E-state index in [1.165, 1.54) is 12.1 Å². The average Bonchev–Trinajstić information content (AvgIpc) is 2.00. The first-order valence-corrected chi connectivity index (χ1v) is 5.50. The Kier molecular flexibility index (Phi) is 4.08. The Balaban J connectivity index is 2.84. The quantitative estimate of drug-likeness (QED) is 0.882. The van der Waals surface area contributed by atoms with Gasteiger partial charge in [0, 0.05) is 10.5 Å². The first-order chi connectivity index (χ1) is 6.49. The maximum absolute atomic E-state index is 13.0. The predicted molar refractivity (Wildman–Crippen MR) is 60.5 cm³/mol.